The summed E-state index contributed by atoms with van der Waals surface area (Å²) in [6.45, 7) is 7.99. The highest BCUT2D eigenvalue weighted by atomic mass is 35.5. The zero-order chi connectivity index (χ0) is 31.3. The number of ether oxygens (including phenoxy) is 1. The predicted molar refractivity (Wildman–Crippen MR) is 162 cm³/mol. The Balaban J connectivity index is 1.62. The van der Waals surface area contributed by atoms with Gasteiger partial charge >= 0.3 is 11.9 Å². The fourth-order valence-electron chi connectivity index (χ4n) is 6.10. The molecule has 3 aromatic carbocycles. The predicted octanol–water partition coefficient (Wildman–Crippen LogP) is 7.66. The third-order valence-electron chi connectivity index (χ3n) is 8.03. The molecule has 4 aromatic rings. The van der Waals surface area contributed by atoms with Crippen LogP contribution in [0.3, 0.4) is 0 Å². The van der Waals surface area contributed by atoms with Gasteiger partial charge in [0.05, 0.1) is 18.2 Å². The van der Waals surface area contributed by atoms with Crippen LogP contribution in [-0.4, -0.2) is 36.1 Å². The molecule has 1 saturated heterocycles. The molecule has 1 fully saturated rings. The molecule has 0 saturated carbocycles. The van der Waals surface area contributed by atoms with E-state index in [-0.39, 0.29) is 26.9 Å². The summed E-state index contributed by atoms with van der Waals surface area (Å²) in [6.07, 6.45) is 0.537. The standard InChI is InChI=1S/C32H31Cl2F2N3O4/c1-31(2,3)15-24-32(4,19-11-9-16(33)13-21(19)35)25(18-7-6-8-20(34)26(18)36)27(39-24)28(40)37-17-10-12-23-22(14-17)38-29(43-23)30(41)42-5/h6-14,24-25,27,39H,15H2,1-5H3,(H,37,40). The van der Waals surface area contributed by atoms with Gasteiger partial charge in [0.25, 0.3) is 0 Å². The van der Waals surface area contributed by atoms with E-state index in [1.54, 1.807) is 42.5 Å². The molecule has 0 aliphatic carbocycles. The van der Waals surface area contributed by atoms with Crippen LogP contribution in [0.5, 0.6) is 0 Å². The summed E-state index contributed by atoms with van der Waals surface area (Å²) in [6, 6.07) is 12.3. The molecule has 1 aliphatic heterocycles. The van der Waals surface area contributed by atoms with Gasteiger partial charge in [-0.15, -0.1) is 0 Å². The lowest BCUT2D eigenvalue weighted by molar-refractivity contribution is -0.118. The molecule has 0 bridgehead atoms. The molecule has 2 N–H and O–H groups in total. The van der Waals surface area contributed by atoms with Gasteiger partial charge in [-0.2, -0.15) is 0 Å². The minimum atomic E-state index is -1.11. The van der Waals surface area contributed by atoms with E-state index in [2.05, 4.69) is 20.4 Å². The molecule has 7 nitrogen and oxygen atoms in total. The molecule has 1 aromatic heterocycles. The first kappa shape index (κ1) is 30.9. The van der Waals surface area contributed by atoms with E-state index in [0.29, 0.717) is 28.8 Å². The van der Waals surface area contributed by atoms with E-state index < -0.39 is 46.9 Å². The Bertz CT molecular complexity index is 1720. The van der Waals surface area contributed by atoms with Crippen molar-refractivity contribution in [3.63, 3.8) is 0 Å². The summed E-state index contributed by atoms with van der Waals surface area (Å²) < 4.78 is 41.7. The molecule has 1 aliphatic rings. The third kappa shape index (κ3) is 5.86. The van der Waals surface area contributed by atoms with Crippen LogP contribution in [0.15, 0.2) is 59.0 Å². The summed E-state index contributed by atoms with van der Waals surface area (Å²) in [5, 5.41) is 6.45. The van der Waals surface area contributed by atoms with E-state index >= 15 is 8.78 Å². The lowest BCUT2D eigenvalue weighted by Crippen LogP contribution is -2.44. The maximum Gasteiger partial charge on any atom is 0.394 e. The SMILES string of the molecule is COC(=O)c1nc2cc(NC(=O)C3NC(CC(C)(C)C)C(C)(c4ccc(Cl)cc4F)C3c3cccc(Cl)c3F)ccc2o1. The molecular weight excluding hydrogens is 599 g/mol. The van der Waals surface area contributed by atoms with Crippen molar-refractivity contribution in [3.05, 3.63) is 93.3 Å². The molecule has 5 rings (SSSR count). The van der Waals surface area contributed by atoms with Gasteiger partial charge in [-0.3, -0.25) is 4.79 Å². The molecule has 4 unspecified atom stereocenters. The number of benzene rings is 3. The lowest BCUT2D eigenvalue weighted by Gasteiger charge is -2.40. The third-order valence-corrected chi connectivity index (χ3v) is 8.55. The Kier molecular flexibility index (Phi) is 8.28. The molecule has 1 amide bonds. The van der Waals surface area contributed by atoms with Crippen LogP contribution in [0.1, 0.15) is 61.8 Å². The van der Waals surface area contributed by atoms with Crippen molar-refractivity contribution in [2.75, 3.05) is 12.4 Å². The second-order valence-electron chi connectivity index (χ2n) is 12.2. The average Bonchev–Trinajstić information content (AvgIpc) is 3.48. The number of esters is 1. The second-order valence-corrected chi connectivity index (χ2v) is 13.0. The molecular formula is C32H31Cl2F2N3O4. The van der Waals surface area contributed by atoms with Crippen LogP contribution >= 0.6 is 23.2 Å². The van der Waals surface area contributed by atoms with Crippen molar-refractivity contribution >= 4 is 51.9 Å². The van der Waals surface area contributed by atoms with Gasteiger partial charge < -0.3 is 19.8 Å². The van der Waals surface area contributed by atoms with Crippen LogP contribution in [0.2, 0.25) is 10.0 Å². The number of nitrogens with zero attached hydrogens (tertiary/aromatic N) is 1. The minimum Gasteiger partial charge on any atom is -0.462 e. The van der Waals surface area contributed by atoms with Crippen molar-refractivity contribution in [2.24, 2.45) is 5.41 Å². The largest absolute Gasteiger partial charge is 0.462 e. The minimum absolute atomic E-state index is 0.104. The molecule has 2 heterocycles. The number of aromatic nitrogens is 1. The van der Waals surface area contributed by atoms with Crippen molar-refractivity contribution in [1.82, 2.24) is 10.3 Å². The summed E-state index contributed by atoms with van der Waals surface area (Å²) in [5.74, 6) is -3.54. The zero-order valence-corrected chi connectivity index (χ0v) is 25.7. The number of rotatable bonds is 6. The number of anilines is 1. The smallest absolute Gasteiger partial charge is 0.394 e. The van der Waals surface area contributed by atoms with E-state index in [1.807, 2.05) is 27.7 Å². The number of amides is 1. The monoisotopic (exact) mass is 629 g/mol. The van der Waals surface area contributed by atoms with E-state index in [9.17, 15) is 9.59 Å². The molecule has 11 heteroatoms. The molecule has 43 heavy (non-hydrogen) atoms. The zero-order valence-electron chi connectivity index (χ0n) is 24.2. The maximum atomic E-state index is 15.8. The van der Waals surface area contributed by atoms with Crippen molar-refractivity contribution < 1.29 is 27.5 Å². The Morgan fingerprint density at radius 1 is 1.12 bits per heavy atom. The Morgan fingerprint density at radius 3 is 2.53 bits per heavy atom. The van der Waals surface area contributed by atoms with Gasteiger partial charge in [0.1, 0.15) is 17.2 Å². The number of carbonyl (C=O) groups is 2. The van der Waals surface area contributed by atoms with E-state index in [0.717, 1.165) is 0 Å². The first-order valence-corrected chi connectivity index (χ1v) is 14.4. The molecule has 0 radical (unpaired) electrons. The van der Waals surface area contributed by atoms with Crippen LogP contribution in [0.4, 0.5) is 14.5 Å². The summed E-state index contributed by atoms with van der Waals surface area (Å²) in [4.78, 5) is 30.1. The highest BCUT2D eigenvalue weighted by Crippen LogP contribution is 2.53. The molecule has 226 valence electrons. The van der Waals surface area contributed by atoms with E-state index in [4.69, 9.17) is 27.6 Å². The summed E-state index contributed by atoms with van der Waals surface area (Å²) in [7, 11) is 1.22. The first-order valence-electron chi connectivity index (χ1n) is 13.7. The number of carbonyl (C=O) groups excluding carboxylic acids is 2. The van der Waals surface area contributed by atoms with Crippen LogP contribution in [0.25, 0.3) is 11.1 Å². The lowest BCUT2D eigenvalue weighted by atomic mass is 9.63. The van der Waals surface area contributed by atoms with Crippen LogP contribution in [0, 0.1) is 17.0 Å². The topological polar surface area (TPSA) is 93.5 Å². The average molecular weight is 631 g/mol. The molecule has 0 spiro atoms. The van der Waals surface area contributed by atoms with Gasteiger partial charge in [-0.05, 0) is 59.4 Å². The van der Waals surface area contributed by atoms with Gasteiger partial charge in [0, 0.05) is 28.1 Å². The number of hydrogen-bond donors (Lipinski definition) is 2. The fourth-order valence-corrected chi connectivity index (χ4v) is 6.44. The number of halogens is 4. The normalized spacial score (nSPS) is 22.1. The van der Waals surface area contributed by atoms with Crippen LogP contribution in [-0.2, 0) is 14.9 Å². The number of nitrogens with one attached hydrogen (secondary N) is 2. The van der Waals surface area contributed by atoms with Gasteiger partial charge in [-0.1, -0.05) is 69.1 Å². The number of oxazole rings is 1. The fraction of sp³-hybridized carbons (Fsp3) is 0.344. The van der Waals surface area contributed by atoms with Gasteiger partial charge in [0.2, 0.25) is 5.91 Å². The van der Waals surface area contributed by atoms with E-state index in [1.165, 1.54) is 19.2 Å². The Labute approximate surface area is 257 Å². The van der Waals surface area contributed by atoms with Gasteiger partial charge in [0.15, 0.2) is 5.58 Å². The summed E-state index contributed by atoms with van der Waals surface area (Å²) >= 11 is 12.4. The molecule has 4 atom stereocenters. The Morgan fingerprint density at radius 2 is 1.86 bits per heavy atom. The number of hydrogen-bond acceptors (Lipinski definition) is 6. The number of methoxy groups -OCH3 is 1. The Hall–Kier alpha value is -3.53. The van der Waals surface area contributed by atoms with Crippen LogP contribution < -0.4 is 10.6 Å². The first-order chi connectivity index (χ1) is 20.2. The second kappa shape index (κ2) is 11.5. The van der Waals surface area contributed by atoms with Crippen molar-refractivity contribution in [1.29, 1.82) is 0 Å². The number of fused-ring (bicyclic) bond motifs is 1. The van der Waals surface area contributed by atoms with Crippen molar-refractivity contribution in [3.8, 4) is 0 Å². The van der Waals surface area contributed by atoms with Crippen molar-refractivity contribution in [2.45, 2.75) is 57.5 Å². The quantitative estimate of drug-likeness (QED) is 0.213. The highest BCUT2D eigenvalue weighted by molar-refractivity contribution is 6.31. The highest BCUT2D eigenvalue weighted by Gasteiger charge is 2.57. The maximum absolute atomic E-state index is 15.8. The van der Waals surface area contributed by atoms with Gasteiger partial charge in [-0.25, -0.2) is 18.6 Å². The summed E-state index contributed by atoms with van der Waals surface area (Å²) in [5.41, 5.74) is 0.163.